The Morgan fingerprint density at radius 2 is 2.11 bits per heavy atom. The summed E-state index contributed by atoms with van der Waals surface area (Å²) in [5.74, 6) is -1.99. The van der Waals surface area contributed by atoms with Gasteiger partial charge in [0.15, 0.2) is 0 Å². The molecule has 152 valence electrons. The fraction of sp³-hybridized carbons (Fsp3) is 0.474. The molecule has 0 saturated carbocycles. The van der Waals surface area contributed by atoms with Crippen molar-refractivity contribution in [2.45, 2.75) is 37.9 Å². The molecule has 3 heterocycles. The van der Waals surface area contributed by atoms with Crippen molar-refractivity contribution in [2.24, 2.45) is 0 Å². The van der Waals surface area contributed by atoms with Crippen LogP contribution in [0.2, 0.25) is 0 Å². The minimum Gasteiger partial charge on any atom is -0.477 e. The molecule has 2 bridgehead atoms. The van der Waals surface area contributed by atoms with Crippen molar-refractivity contribution >= 4 is 35.0 Å². The minimum atomic E-state index is -1.42. The first-order chi connectivity index (χ1) is 12.7. The Morgan fingerprint density at radius 3 is 2.64 bits per heavy atom. The number of carbonyl (C=O) groups is 1. The molecule has 2 saturated heterocycles. The van der Waals surface area contributed by atoms with E-state index in [1.54, 1.807) is 19.9 Å². The number of nitrogens with zero attached hydrogens (tertiary/aromatic N) is 2. The predicted molar refractivity (Wildman–Crippen MR) is 105 cm³/mol. The van der Waals surface area contributed by atoms with Gasteiger partial charge < -0.3 is 19.9 Å². The van der Waals surface area contributed by atoms with Crippen molar-refractivity contribution in [1.82, 2.24) is 9.88 Å². The molecule has 0 spiro atoms. The summed E-state index contributed by atoms with van der Waals surface area (Å²) in [6.45, 7) is 3.87. The lowest BCUT2D eigenvalue weighted by atomic mass is 10.0. The molecule has 2 atom stereocenters. The maximum absolute atomic E-state index is 14.9. The smallest absolute Gasteiger partial charge is 0.341 e. The molecule has 1 aromatic carbocycles. The molecule has 2 N–H and O–H groups in total. The van der Waals surface area contributed by atoms with Gasteiger partial charge in [0.2, 0.25) is 5.43 Å². The van der Waals surface area contributed by atoms with Crippen molar-refractivity contribution in [3.63, 3.8) is 0 Å². The van der Waals surface area contributed by atoms with Crippen molar-refractivity contribution < 1.29 is 18.7 Å². The number of anilines is 1. The number of aromatic carboxylic acids is 1. The summed E-state index contributed by atoms with van der Waals surface area (Å²) in [5, 5.41) is 12.6. The second kappa shape index (κ2) is 7.00. The van der Waals surface area contributed by atoms with Crippen molar-refractivity contribution in [1.29, 1.82) is 0 Å². The highest BCUT2D eigenvalue weighted by atomic mass is 35.5. The SMILES string of the molecule is CC(C)(CF)n1cc(C(=O)O)c(=O)c2cc(F)c(N3C[C@H]4CC3CN4)cc21.Cl. The van der Waals surface area contributed by atoms with Crippen LogP contribution in [-0.4, -0.2) is 47.5 Å². The average molecular weight is 414 g/mol. The number of benzene rings is 1. The van der Waals surface area contributed by atoms with Crippen LogP contribution in [0.3, 0.4) is 0 Å². The van der Waals surface area contributed by atoms with Crippen LogP contribution in [0.25, 0.3) is 10.9 Å². The number of hydrogen-bond donors (Lipinski definition) is 2. The zero-order valence-electron chi connectivity index (χ0n) is 15.5. The molecule has 0 aliphatic carbocycles. The average Bonchev–Trinajstić information content (AvgIpc) is 3.24. The van der Waals surface area contributed by atoms with Gasteiger partial charge in [-0.1, -0.05) is 0 Å². The normalized spacial score (nSPS) is 21.2. The van der Waals surface area contributed by atoms with E-state index in [4.69, 9.17) is 0 Å². The van der Waals surface area contributed by atoms with E-state index in [1.165, 1.54) is 4.57 Å². The van der Waals surface area contributed by atoms with Crippen LogP contribution in [0.4, 0.5) is 14.5 Å². The Kier molecular flexibility index (Phi) is 5.14. The van der Waals surface area contributed by atoms with Gasteiger partial charge in [0.05, 0.1) is 16.7 Å². The molecule has 2 aliphatic heterocycles. The Morgan fingerprint density at radius 1 is 1.39 bits per heavy atom. The second-order valence-corrected chi connectivity index (χ2v) is 7.96. The highest BCUT2D eigenvalue weighted by molar-refractivity contribution is 5.93. The quantitative estimate of drug-likeness (QED) is 0.805. The Hall–Kier alpha value is -2.19. The molecule has 2 aliphatic rings. The molecule has 0 amide bonds. The molecule has 6 nitrogen and oxygen atoms in total. The van der Waals surface area contributed by atoms with Crippen LogP contribution >= 0.6 is 12.4 Å². The van der Waals surface area contributed by atoms with E-state index in [0.717, 1.165) is 25.2 Å². The summed E-state index contributed by atoms with van der Waals surface area (Å²) >= 11 is 0. The van der Waals surface area contributed by atoms with Crippen molar-refractivity contribution in [3.05, 3.63) is 39.9 Å². The first-order valence-electron chi connectivity index (χ1n) is 8.91. The van der Waals surface area contributed by atoms with E-state index in [9.17, 15) is 23.5 Å². The number of nitrogens with one attached hydrogen (secondary N) is 1. The number of carboxylic acid groups (broad SMARTS) is 1. The zero-order valence-corrected chi connectivity index (χ0v) is 16.4. The van der Waals surface area contributed by atoms with Gasteiger partial charge in [0.1, 0.15) is 18.1 Å². The number of fused-ring (bicyclic) bond motifs is 3. The molecule has 28 heavy (non-hydrogen) atoms. The number of pyridine rings is 1. The molecule has 4 rings (SSSR count). The van der Waals surface area contributed by atoms with Gasteiger partial charge in [-0.25, -0.2) is 13.6 Å². The lowest BCUT2D eigenvalue weighted by Gasteiger charge is -2.32. The van der Waals surface area contributed by atoms with Crippen LogP contribution in [0, 0.1) is 5.82 Å². The Bertz CT molecular complexity index is 1010. The van der Waals surface area contributed by atoms with E-state index in [2.05, 4.69) is 5.32 Å². The van der Waals surface area contributed by atoms with E-state index in [-0.39, 0.29) is 23.8 Å². The zero-order chi connectivity index (χ0) is 19.5. The third-order valence-corrected chi connectivity index (χ3v) is 5.65. The van der Waals surface area contributed by atoms with E-state index < -0.39 is 35.0 Å². The monoisotopic (exact) mass is 413 g/mol. The van der Waals surface area contributed by atoms with Gasteiger partial charge >= 0.3 is 5.97 Å². The number of carboxylic acids is 1. The van der Waals surface area contributed by atoms with Gasteiger partial charge in [0.25, 0.3) is 0 Å². The van der Waals surface area contributed by atoms with Gasteiger partial charge in [-0.3, -0.25) is 4.79 Å². The first-order valence-corrected chi connectivity index (χ1v) is 8.91. The van der Waals surface area contributed by atoms with Crippen LogP contribution < -0.4 is 15.6 Å². The van der Waals surface area contributed by atoms with Crippen LogP contribution in [0.5, 0.6) is 0 Å². The highest BCUT2D eigenvalue weighted by Gasteiger charge is 2.39. The number of alkyl halides is 1. The van der Waals surface area contributed by atoms with E-state index in [1.807, 2.05) is 4.90 Å². The van der Waals surface area contributed by atoms with Gasteiger partial charge in [-0.2, -0.15) is 0 Å². The van der Waals surface area contributed by atoms with Gasteiger partial charge in [-0.15, -0.1) is 12.4 Å². The van der Waals surface area contributed by atoms with E-state index >= 15 is 0 Å². The van der Waals surface area contributed by atoms with Crippen molar-refractivity contribution in [3.8, 4) is 0 Å². The Labute approximate surface area is 166 Å². The summed E-state index contributed by atoms with van der Waals surface area (Å²) in [6.07, 6.45) is 2.09. The second-order valence-electron chi connectivity index (χ2n) is 7.96. The molecule has 0 radical (unpaired) electrons. The third-order valence-electron chi connectivity index (χ3n) is 5.65. The molecule has 2 fully saturated rings. The summed E-state index contributed by atoms with van der Waals surface area (Å²) in [7, 11) is 0. The van der Waals surface area contributed by atoms with Crippen LogP contribution in [-0.2, 0) is 5.54 Å². The number of piperazine rings is 1. The van der Waals surface area contributed by atoms with Gasteiger partial charge in [0, 0.05) is 36.8 Å². The lowest BCUT2D eigenvalue weighted by Crippen LogP contribution is -2.44. The van der Waals surface area contributed by atoms with Crippen molar-refractivity contribution in [2.75, 3.05) is 24.7 Å². The lowest BCUT2D eigenvalue weighted by molar-refractivity contribution is 0.0694. The fourth-order valence-corrected chi connectivity index (χ4v) is 4.13. The fourth-order valence-electron chi connectivity index (χ4n) is 4.13. The molecule has 9 heteroatoms. The molecule has 1 unspecified atom stereocenters. The van der Waals surface area contributed by atoms with Crippen LogP contribution in [0.15, 0.2) is 23.1 Å². The first kappa shape index (κ1) is 20.5. The molecular weight excluding hydrogens is 392 g/mol. The standard InChI is InChI=1S/C19H21F2N3O3.ClH/c1-19(2,9-20)24-8-13(18(26)27)17(25)12-4-14(21)16(5-15(12)24)23-7-10-3-11(23)6-22-10;/h4-5,8,10-11,22H,3,6-7,9H2,1-2H3,(H,26,27);1H/t10-,11?;/m1./s1. The van der Waals surface area contributed by atoms with Gasteiger partial charge in [-0.05, 0) is 32.4 Å². The predicted octanol–water partition coefficient (Wildman–Crippen LogP) is 2.52. The summed E-state index contributed by atoms with van der Waals surface area (Å²) in [5.41, 5.74) is -1.65. The third kappa shape index (κ3) is 3.04. The number of hydrogen-bond acceptors (Lipinski definition) is 4. The minimum absolute atomic E-state index is 0. The summed E-state index contributed by atoms with van der Waals surface area (Å²) < 4.78 is 30.0. The Balaban J connectivity index is 0.00000225. The molecule has 2 aromatic rings. The number of halogens is 3. The summed E-state index contributed by atoms with van der Waals surface area (Å²) in [4.78, 5) is 26.0. The summed E-state index contributed by atoms with van der Waals surface area (Å²) in [6, 6.07) is 3.12. The highest BCUT2D eigenvalue weighted by Crippen LogP contribution is 2.34. The topological polar surface area (TPSA) is 74.6 Å². The molecular formula is C19H22ClF2N3O3. The number of rotatable bonds is 4. The number of aromatic nitrogens is 1. The maximum Gasteiger partial charge on any atom is 0.341 e. The maximum atomic E-state index is 14.9. The largest absolute Gasteiger partial charge is 0.477 e. The molecule has 1 aromatic heterocycles. The van der Waals surface area contributed by atoms with Crippen LogP contribution in [0.1, 0.15) is 30.6 Å². The van der Waals surface area contributed by atoms with E-state index in [0.29, 0.717) is 23.8 Å².